The number of nitrogens with zero attached hydrogens (tertiary/aromatic N) is 2. The third-order valence-electron chi connectivity index (χ3n) is 6.07. The second-order valence-corrected chi connectivity index (χ2v) is 7.51. The van der Waals surface area contributed by atoms with Crippen LogP contribution in [0.5, 0.6) is 0 Å². The Hall–Kier alpha value is -1.61. The summed E-state index contributed by atoms with van der Waals surface area (Å²) in [5, 5.41) is 12.4. The van der Waals surface area contributed by atoms with Gasteiger partial charge in [0, 0.05) is 6.04 Å². The number of rotatable bonds is 4. The Morgan fingerprint density at radius 2 is 1.96 bits per heavy atom. The van der Waals surface area contributed by atoms with E-state index < -0.39 is 5.54 Å². The summed E-state index contributed by atoms with van der Waals surface area (Å²) in [6.45, 7) is 0.185. The smallest absolute Gasteiger partial charge is 0.323 e. The minimum absolute atomic E-state index is 0.140. The first kappa shape index (κ1) is 17.2. The molecule has 1 aliphatic heterocycles. The molecule has 0 spiro atoms. The van der Waals surface area contributed by atoms with Gasteiger partial charge in [0.15, 0.2) is 0 Å². The summed E-state index contributed by atoms with van der Waals surface area (Å²) >= 11 is 0. The maximum Gasteiger partial charge on any atom is 0.323 e. The molecular weight excluding hydrogens is 306 g/mol. The third kappa shape index (κ3) is 3.27. The Kier molecular flexibility index (Phi) is 5.09. The molecule has 24 heavy (non-hydrogen) atoms. The maximum atomic E-state index is 12.6. The van der Waals surface area contributed by atoms with E-state index >= 15 is 0 Å². The SMILES string of the molecule is COC(=O)C1CC2CCCCC2N1CC(=O)NC1(C#N)CCCC1. The van der Waals surface area contributed by atoms with Gasteiger partial charge in [0.2, 0.25) is 5.91 Å². The summed E-state index contributed by atoms with van der Waals surface area (Å²) in [5.41, 5.74) is -0.705. The molecule has 0 bridgehead atoms. The van der Waals surface area contributed by atoms with Gasteiger partial charge < -0.3 is 10.1 Å². The summed E-state index contributed by atoms with van der Waals surface area (Å²) in [7, 11) is 1.41. The summed E-state index contributed by atoms with van der Waals surface area (Å²) in [6, 6.07) is 2.26. The largest absolute Gasteiger partial charge is 0.468 e. The van der Waals surface area contributed by atoms with Gasteiger partial charge in [-0.3, -0.25) is 14.5 Å². The Balaban J connectivity index is 1.69. The number of nitriles is 1. The van der Waals surface area contributed by atoms with Crippen LogP contribution in [0.3, 0.4) is 0 Å². The number of amides is 1. The lowest BCUT2D eigenvalue weighted by atomic mass is 9.85. The molecule has 3 fully saturated rings. The molecule has 0 radical (unpaired) electrons. The molecule has 1 saturated heterocycles. The molecule has 3 aliphatic rings. The Morgan fingerprint density at radius 3 is 2.62 bits per heavy atom. The number of ether oxygens (including phenoxy) is 1. The van der Waals surface area contributed by atoms with Crippen LogP contribution in [0.25, 0.3) is 0 Å². The fraction of sp³-hybridized carbons (Fsp3) is 0.833. The number of hydrogen-bond acceptors (Lipinski definition) is 5. The van der Waals surface area contributed by atoms with E-state index in [-0.39, 0.29) is 30.5 Å². The topological polar surface area (TPSA) is 82.4 Å². The third-order valence-corrected chi connectivity index (χ3v) is 6.07. The average molecular weight is 333 g/mol. The van der Waals surface area contributed by atoms with Crippen molar-refractivity contribution in [2.24, 2.45) is 5.92 Å². The zero-order valence-electron chi connectivity index (χ0n) is 14.4. The molecule has 3 atom stereocenters. The minimum atomic E-state index is -0.705. The molecule has 0 aromatic heterocycles. The number of esters is 1. The number of nitrogens with one attached hydrogen (secondary N) is 1. The van der Waals surface area contributed by atoms with Gasteiger partial charge in [0.25, 0.3) is 0 Å². The van der Waals surface area contributed by atoms with Gasteiger partial charge in [-0.25, -0.2) is 0 Å². The highest BCUT2D eigenvalue weighted by atomic mass is 16.5. The minimum Gasteiger partial charge on any atom is -0.468 e. The highest BCUT2D eigenvalue weighted by Crippen LogP contribution is 2.40. The second-order valence-electron chi connectivity index (χ2n) is 7.51. The highest BCUT2D eigenvalue weighted by molar-refractivity contribution is 5.82. The Bertz CT molecular complexity index is 536. The van der Waals surface area contributed by atoms with Gasteiger partial charge in [0.05, 0.1) is 19.7 Å². The molecule has 2 saturated carbocycles. The molecule has 132 valence electrons. The number of carbonyl (C=O) groups is 2. The number of carbonyl (C=O) groups excluding carboxylic acids is 2. The van der Waals surface area contributed by atoms with Crippen molar-refractivity contribution in [2.45, 2.75) is 75.4 Å². The van der Waals surface area contributed by atoms with Crippen molar-refractivity contribution in [3.63, 3.8) is 0 Å². The molecular formula is C18H27N3O3. The van der Waals surface area contributed by atoms with E-state index in [0.717, 1.165) is 51.4 Å². The van der Waals surface area contributed by atoms with E-state index in [1.54, 1.807) is 0 Å². The van der Waals surface area contributed by atoms with Crippen LogP contribution in [-0.2, 0) is 14.3 Å². The van der Waals surface area contributed by atoms with Crippen LogP contribution < -0.4 is 5.32 Å². The van der Waals surface area contributed by atoms with Gasteiger partial charge >= 0.3 is 5.97 Å². The van der Waals surface area contributed by atoms with Crippen molar-refractivity contribution in [1.82, 2.24) is 10.2 Å². The molecule has 1 N–H and O–H groups in total. The first-order valence-corrected chi connectivity index (χ1v) is 9.14. The highest BCUT2D eigenvalue weighted by Gasteiger charge is 2.46. The van der Waals surface area contributed by atoms with Crippen LogP contribution in [0, 0.1) is 17.2 Å². The summed E-state index contributed by atoms with van der Waals surface area (Å²) in [5.74, 6) is 0.0960. The zero-order valence-corrected chi connectivity index (χ0v) is 14.4. The molecule has 0 aromatic carbocycles. The van der Waals surface area contributed by atoms with Crippen LogP contribution in [0.15, 0.2) is 0 Å². The first-order valence-electron chi connectivity index (χ1n) is 9.14. The number of fused-ring (bicyclic) bond motifs is 1. The lowest BCUT2D eigenvalue weighted by Crippen LogP contribution is -2.52. The van der Waals surface area contributed by atoms with Crippen molar-refractivity contribution in [2.75, 3.05) is 13.7 Å². The van der Waals surface area contributed by atoms with E-state index in [1.807, 2.05) is 4.90 Å². The van der Waals surface area contributed by atoms with Gasteiger partial charge in [-0.2, -0.15) is 5.26 Å². The molecule has 6 nitrogen and oxygen atoms in total. The van der Waals surface area contributed by atoms with Crippen molar-refractivity contribution in [3.05, 3.63) is 0 Å². The van der Waals surface area contributed by atoms with Gasteiger partial charge in [-0.15, -0.1) is 0 Å². The second kappa shape index (κ2) is 7.10. The average Bonchev–Trinajstić information content (AvgIpc) is 3.20. The number of likely N-dealkylation sites (tertiary alicyclic amines) is 1. The molecule has 6 heteroatoms. The fourth-order valence-electron chi connectivity index (χ4n) is 4.86. The lowest BCUT2D eigenvalue weighted by Gasteiger charge is -2.33. The van der Waals surface area contributed by atoms with E-state index in [1.165, 1.54) is 13.5 Å². The van der Waals surface area contributed by atoms with Crippen LogP contribution >= 0.6 is 0 Å². The van der Waals surface area contributed by atoms with Gasteiger partial charge in [-0.05, 0) is 50.9 Å². The van der Waals surface area contributed by atoms with Gasteiger partial charge in [0.1, 0.15) is 11.6 Å². The van der Waals surface area contributed by atoms with Crippen LogP contribution in [0.2, 0.25) is 0 Å². The van der Waals surface area contributed by atoms with E-state index in [4.69, 9.17) is 4.74 Å². The van der Waals surface area contributed by atoms with Crippen molar-refractivity contribution >= 4 is 11.9 Å². The normalized spacial score (nSPS) is 31.9. The standard InChI is InChI=1S/C18H27N3O3/c1-24-17(23)15-10-13-6-2-3-7-14(13)21(15)11-16(22)20-18(12-19)8-4-5-9-18/h13-15H,2-11H2,1H3,(H,20,22). The summed E-state index contributed by atoms with van der Waals surface area (Å²) in [4.78, 5) is 26.8. The van der Waals surface area contributed by atoms with E-state index in [9.17, 15) is 14.9 Å². The maximum absolute atomic E-state index is 12.6. The molecule has 3 unspecified atom stereocenters. The Morgan fingerprint density at radius 1 is 1.25 bits per heavy atom. The lowest BCUT2D eigenvalue weighted by molar-refractivity contribution is -0.146. The molecule has 1 heterocycles. The monoisotopic (exact) mass is 333 g/mol. The van der Waals surface area contributed by atoms with Gasteiger partial charge in [-0.1, -0.05) is 12.8 Å². The van der Waals surface area contributed by atoms with Crippen molar-refractivity contribution in [3.8, 4) is 6.07 Å². The molecule has 2 aliphatic carbocycles. The number of methoxy groups -OCH3 is 1. The number of hydrogen-bond donors (Lipinski definition) is 1. The van der Waals surface area contributed by atoms with Crippen LogP contribution in [0.4, 0.5) is 0 Å². The summed E-state index contributed by atoms with van der Waals surface area (Å²) in [6.07, 6.45) is 8.70. The zero-order chi connectivity index (χ0) is 17.2. The summed E-state index contributed by atoms with van der Waals surface area (Å²) < 4.78 is 4.96. The van der Waals surface area contributed by atoms with Crippen LogP contribution in [0.1, 0.15) is 57.8 Å². The van der Waals surface area contributed by atoms with Crippen molar-refractivity contribution < 1.29 is 14.3 Å². The van der Waals surface area contributed by atoms with Crippen LogP contribution in [-0.4, -0.2) is 48.1 Å². The molecule has 1 amide bonds. The van der Waals surface area contributed by atoms with E-state index in [0.29, 0.717) is 5.92 Å². The predicted molar refractivity (Wildman–Crippen MR) is 87.8 cm³/mol. The molecule has 0 aromatic rings. The first-order chi connectivity index (χ1) is 11.6. The molecule has 3 rings (SSSR count). The quantitative estimate of drug-likeness (QED) is 0.793. The predicted octanol–water partition coefficient (Wildman–Crippen LogP) is 1.75. The van der Waals surface area contributed by atoms with Crippen molar-refractivity contribution in [1.29, 1.82) is 5.26 Å². The van der Waals surface area contributed by atoms with E-state index in [2.05, 4.69) is 11.4 Å². The fourth-order valence-corrected chi connectivity index (χ4v) is 4.86. The Labute approximate surface area is 143 Å².